The molecule has 3 atom stereocenters. The molecule has 0 amide bonds. The predicted octanol–water partition coefficient (Wildman–Crippen LogP) is 3.59. The Labute approximate surface area is 92.9 Å². The normalized spacial score (nSPS) is 36.4. The fraction of sp³-hybridized carbons (Fsp3) is 0.786. The van der Waals surface area contributed by atoms with Gasteiger partial charge in [0, 0.05) is 12.3 Å². The highest BCUT2D eigenvalue weighted by molar-refractivity contribution is 5.83. The first-order valence-electron chi connectivity index (χ1n) is 6.30. The lowest BCUT2D eigenvalue weighted by Gasteiger charge is -2.41. The zero-order valence-electron chi connectivity index (χ0n) is 10.1. The molecule has 2 aliphatic rings. The molecule has 0 N–H and O–H groups in total. The van der Waals surface area contributed by atoms with E-state index in [9.17, 15) is 4.79 Å². The second-order valence-corrected chi connectivity index (χ2v) is 5.58. The maximum absolute atomic E-state index is 12.1. The summed E-state index contributed by atoms with van der Waals surface area (Å²) in [4.78, 5) is 12.1. The molecule has 1 nitrogen and oxygen atoms in total. The van der Waals surface area contributed by atoms with Gasteiger partial charge in [-0.25, -0.2) is 0 Å². The summed E-state index contributed by atoms with van der Waals surface area (Å²) in [6.45, 7) is 6.74. The van der Waals surface area contributed by atoms with E-state index in [-0.39, 0.29) is 0 Å². The van der Waals surface area contributed by atoms with Gasteiger partial charge in [-0.05, 0) is 43.9 Å². The monoisotopic (exact) mass is 206 g/mol. The number of hydrogen-bond acceptors (Lipinski definition) is 1. The van der Waals surface area contributed by atoms with E-state index in [0.29, 0.717) is 29.5 Å². The first-order valence-corrected chi connectivity index (χ1v) is 6.30. The average Bonchev–Trinajstić information content (AvgIpc) is 2.19. The Balaban J connectivity index is 2.28. The number of allylic oxidation sites excluding steroid dienone is 2. The summed E-state index contributed by atoms with van der Waals surface area (Å²) in [5.41, 5.74) is 1.48. The molecule has 84 valence electrons. The van der Waals surface area contributed by atoms with Crippen molar-refractivity contribution in [1.82, 2.24) is 0 Å². The van der Waals surface area contributed by atoms with Gasteiger partial charge in [0.1, 0.15) is 5.78 Å². The molecule has 0 aliphatic heterocycles. The van der Waals surface area contributed by atoms with Crippen molar-refractivity contribution >= 4 is 5.78 Å². The largest absolute Gasteiger partial charge is 0.299 e. The highest BCUT2D eigenvalue weighted by Gasteiger charge is 2.41. The van der Waals surface area contributed by atoms with Crippen molar-refractivity contribution in [3.05, 3.63) is 11.6 Å². The van der Waals surface area contributed by atoms with Crippen molar-refractivity contribution in [3.8, 4) is 0 Å². The number of carbonyl (C=O) groups excluding carboxylic acids is 1. The number of hydrogen-bond donors (Lipinski definition) is 0. The fourth-order valence-electron chi connectivity index (χ4n) is 3.42. The number of fused-ring (bicyclic) bond motifs is 1. The molecule has 0 aromatic heterocycles. The summed E-state index contributed by atoms with van der Waals surface area (Å²) in [7, 11) is 0. The van der Waals surface area contributed by atoms with Gasteiger partial charge in [0.25, 0.3) is 0 Å². The second kappa shape index (κ2) is 4.11. The Morgan fingerprint density at radius 2 is 2.13 bits per heavy atom. The quantitative estimate of drug-likeness (QED) is 0.599. The molecule has 0 aromatic rings. The third kappa shape index (κ3) is 1.89. The van der Waals surface area contributed by atoms with Gasteiger partial charge in [-0.2, -0.15) is 0 Å². The van der Waals surface area contributed by atoms with Gasteiger partial charge in [-0.1, -0.05) is 25.5 Å². The van der Waals surface area contributed by atoms with E-state index in [2.05, 4.69) is 26.8 Å². The van der Waals surface area contributed by atoms with Crippen LogP contribution in [0.1, 0.15) is 46.5 Å². The van der Waals surface area contributed by atoms with Crippen molar-refractivity contribution in [2.24, 2.45) is 23.7 Å². The SMILES string of the molecule is CC1=CC[C@H](C(C)C)[C@H]2C(=O)CCC[C@H]12. The van der Waals surface area contributed by atoms with E-state index in [1.165, 1.54) is 12.0 Å². The van der Waals surface area contributed by atoms with E-state index in [0.717, 1.165) is 19.3 Å². The standard InChI is InChI=1S/C14H22O/c1-9(2)11-8-7-10(3)12-5-4-6-13(15)14(11)12/h7,9,11-12,14H,4-6,8H2,1-3H3/t11-,12-,14-/m1/s1. The molecule has 0 bridgehead atoms. The van der Waals surface area contributed by atoms with Crippen LogP contribution in [0.5, 0.6) is 0 Å². The van der Waals surface area contributed by atoms with E-state index in [1.807, 2.05) is 0 Å². The summed E-state index contributed by atoms with van der Waals surface area (Å²) < 4.78 is 0. The topological polar surface area (TPSA) is 17.1 Å². The molecular weight excluding hydrogens is 184 g/mol. The number of ketones is 1. The maximum atomic E-state index is 12.1. The molecular formula is C14H22O. The van der Waals surface area contributed by atoms with Crippen LogP contribution in [0, 0.1) is 23.7 Å². The van der Waals surface area contributed by atoms with Crippen molar-refractivity contribution < 1.29 is 4.79 Å². The minimum atomic E-state index is 0.351. The van der Waals surface area contributed by atoms with Crippen molar-refractivity contribution in [1.29, 1.82) is 0 Å². The molecule has 1 fully saturated rings. The van der Waals surface area contributed by atoms with Gasteiger partial charge in [-0.15, -0.1) is 0 Å². The molecule has 0 saturated heterocycles. The summed E-state index contributed by atoms with van der Waals surface area (Å²) in [5, 5.41) is 0. The molecule has 0 heterocycles. The van der Waals surface area contributed by atoms with Crippen LogP contribution in [0.2, 0.25) is 0 Å². The lowest BCUT2D eigenvalue weighted by atomic mass is 9.62. The van der Waals surface area contributed by atoms with E-state index >= 15 is 0 Å². The van der Waals surface area contributed by atoms with Crippen LogP contribution >= 0.6 is 0 Å². The lowest BCUT2D eigenvalue weighted by Crippen LogP contribution is -2.39. The Kier molecular flexibility index (Phi) is 2.99. The molecule has 0 aromatic carbocycles. The highest BCUT2D eigenvalue weighted by atomic mass is 16.1. The lowest BCUT2D eigenvalue weighted by molar-refractivity contribution is -0.129. The Morgan fingerprint density at radius 1 is 1.40 bits per heavy atom. The van der Waals surface area contributed by atoms with E-state index in [1.54, 1.807) is 0 Å². The van der Waals surface area contributed by atoms with Gasteiger partial charge in [0.2, 0.25) is 0 Å². The predicted molar refractivity (Wildman–Crippen MR) is 62.5 cm³/mol. The van der Waals surface area contributed by atoms with E-state index < -0.39 is 0 Å². The summed E-state index contributed by atoms with van der Waals surface area (Å²) >= 11 is 0. The van der Waals surface area contributed by atoms with Crippen molar-refractivity contribution in [2.45, 2.75) is 46.5 Å². The van der Waals surface area contributed by atoms with Gasteiger partial charge < -0.3 is 0 Å². The number of rotatable bonds is 1. The average molecular weight is 206 g/mol. The zero-order chi connectivity index (χ0) is 11.0. The Hall–Kier alpha value is -0.590. The summed E-state index contributed by atoms with van der Waals surface area (Å²) in [6, 6.07) is 0. The zero-order valence-corrected chi connectivity index (χ0v) is 10.1. The van der Waals surface area contributed by atoms with Crippen LogP contribution in [-0.2, 0) is 4.79 Å². The molecule has 0 spiro atoms. The van der Waals surface area contributed by atoms with Gasteiger partial charge in [0.15, 0.2) is 0 Å². The van der Waals surface area contributed by atoms with Crippen LogP contribution in [-0.4, -0.2) is 5.78 Å². The second-order valence-electron chi connectivity index (χ2n) is 5.58. The van der Waals surface area contributed by atoms with E-state index in [4.69, 9.17) is 0 Å². The number of Topliss-reactive ketones (excluding diaryl/α,β-unsaturated/α-hetero) is 1. The third-order valence-electron chi connectivity index (χ3n) is 4.36. The molecule has 15 heavy (non-hydrogen) atoms. The first kappa shape index (κ1) is 10.9. The minimum absolute atomic E-state index is 0.351. The number of carbonyl (C=O) groups is 1. The smallest absolute Gasteiger partial charge is 0.136 e. The van der Waals surface area contributed by atoms with Gasteiger partial charge in [0.05, 0.1) is 0 Å². The molecule has 1 heteroatoms. The van der Waals surface area contributed by atoms with Crippen LogP contribution in [0.3, 0.4) is 0 Å². The third-order valence-corrected chi connectivity index (χ3v) is 4.36. The maximum Gasteiger partial charge on any atom is 0.136 e. The molecule has 1 saturated carbocycles. The molecule has 2 rings (SSSR count). The molecule has 0 unspecified atom stereocenters. The summed E-state index contributed by atoms with van der Waals surface area (Å²) in [6.07, 6.45) is 6.68. The molecule has 2 aliphatic carbocycles. The Morgan fingerprint density at radius 3 is 2.80 bits per heavy atom. The summed E-state index contributed by atoms with van der Waals surface area (Å²) in [5.74, 6) is 2.71. The fourth-order valence-corrected chi connectivity index (χ4v) is 3.42. The highest BCUT2D eigenvalue weighted by Crippen LogP contribution is 2.44. The van der Waals surface area contributed by atoms with Crippen LogP contribution in [0.15, 0.2) is 11.6 Å². The van der Waals surface area contributed by atoms with Gasteiger partial charge in [-0.3, -0.25) is 4.79 Å². The van der Waals surface area contributed by atoms with Crippen LogP contribution in [0.4, 0.5) is 0 Å². The van der Waals surface area contributed by atoms with Crippen LogP contribution in [0.25, 0.3) is 0 Å². The first-order chi connectivity index (χ1) is 7.11. The van der Waals surface area contributed by atoms with Crippen molar-refractivity contribution in [3.63, 3.8) is 0 Å². The minimum Gasteiger partial charge on any atom is -0.299 e. The van der Waals surface area contributed by atoms with Crippen LogP contribution < -0.4 is 0 Å². The Bertz CT molecular complexity index is 288. The van der Waals surface area contributed by atoms with Gasteiger partial charge >= 0.3 is 0 Å². The van der Waals surface area contributed by atoms with Crippen molar-refractivity contribution in [2.75, 3.05) is 0 Å². The molecule has 0 radical (unpaired) electrons.